The fourth-order valence-corrected chi connectivity index (χ4v) is 2.51. The summed E-state index contributed by atoms with van der Waals surface area (Å²) in [7, 11) is 4.09. The van der Waals surface area contributed by atoms with E-state index >= 15 is 0 Å². The number of hydrogen-bond acceptors (Lipinski definition) is 10. The average molecular weight is 405 g/mol. The van der Waals surface area contributed by atoms with E-state index in [9.17, 15) is 14.4 Å². The zero-order valence-electron chi connectivity index (χ0n) is 17.4. The van der Waals surface area contributed by atoms with Crippen LogP contribution in [0.25, 0.3) is 0 Å². The number of nitrogens with zero attached hydrogens (tertiary/aromatic N) is 2. The summed E-state index contributed by atoms with van der Waals surface area (Å²) in [5.74, 6) is -0.792. The van der Waals surface area contributed by atoms with Gasteiger partial charge in [0.25, 0.3) is 0 Å². The lowest BCUT2D eigenvalue weighted by Gasteiger charge is -2.23. The van der Waals surface area contributed by atoms with Gasteiger partial charge >= 0.3 is 17.9 Å². The molecule has 0 spiro atoms. The lowest BCUT2D eigenvalue weighted by atomic mass is 10.3. The minimum Gasteiger partial charge on any atom is -0.469 e. The molecule has 0 amide bonds. The molecular formula is C18H36N4O6. The first-order valence-corrected chi connectivity index (χ1v) is 9.52. The third-order valence-electron chi connectivity index (χ3n) is 4.23. The summed E-state index contributed by atoms with van der Waals surface area (Å²) in [5.41, 5.74) is 5.62. The molecule has 10 nitrogen and oxygen atoms in total. The van der Waals surface area contributed by atoms with Gasteiger partial charge < -0.3 is 35.1 Å². The highest BCUT2D eigenvalue weighted by molar-refractivity contribution is 5.70. The number of nitrogens with two attached hydrogens (primary N) is 1. The van der Waals surface area contributed by atoms with Crippen LogP contribution in [0.5, 0.6) is 0 Å². The monoisotopic (exact) mass is 404 g/mol. The van der Waals surface area contributed by atoms with E-state index in [-0.39, 0.29) is 30.7 Å². The first kappa shape index (κ1) is 26.2. The minimum absolute atomic E-state index is 0.234. The molecule has 0 unspecified atom stereocenters. The average Bonchev–Trinajstić information content (AvgIpc) is 2.71. The van der Waals surface area contributed by atoms with E-state index in [1.54, 1.807) is 0 Å². The highest BCUT2D eigenvalue weighted by Crippen LogP contribution is 1.97. The molecule has 0 aromatic rings. The van der Waals surface area contributed by atoms with Gasteiger partial charge in [0, 0.05) is 58.9 Å². The van der Waals surface area contributed by atoms with E-state index in [2.05, 4.69) is 24.4 Å². The topological polar surface area (TPSA) is 123 Å². The van der Waals surface area contributed by atoms with Gasteiger partial charge in [-0.3, -0.25) is 14.4 Å². The zero-order chi connectivity index (χ0) is 21.2. The van der Waals surface area contributed by atoms with Crippen molar-refractivity contribution in [2.75, 3.05) is 80.2 Å². The zero-order valence-corrected chi connectivity index (χ0v) is 17.4. The van der Waals surface area contributed by atoms with Crippen LogP contribution in [-0.2, 0) is 28.6 Å². The van der Waals surface area contributed by atoms with E-state index in [4.69, 9.17) is 5.73 Å². The largest absolute Gasteiger partial charge is 0.469 e. The highest BCUT2D eigenvalue weighted by Gasteiger charge is 2.11. The first-order valence-electron chi connectivity index (χ1n) is 9.52. The number of rotatable bonds is 17. The van der Waals surface area contributed by atoms with Crippen molar-refractivity contribution < 1.29 is 28.6 Å². The molecule has 0 rings (SSSR count). The molecule has 0 atom stereocenters. The van der Waals surface area contributed by atoms with Crippen molar-refractivity contribution in [3.05, 3.63) is 0 Å². The van der Waals surface area contributed by atoms with Crippen LogP contribution < -0.4 is 11.1 Å². The third-order valence-corrected chi connectivity index (χ3v) is 4.23. The van der Waals surface area contributed by atoms with E-state index in [0.717, 1.165) is 13.1 Å². The number of carbonyl (C=O) groups is 3. The molecule has 3 N–H and O–H groups in total. The molecule has 28 heavy (non-hydrogen) atoms. The van der Waals surface area contributed by atoms with Crippen LogP contribution in [0.2, 0.25) is 0 Å². The number of ether oxygens (including phenoxy) is 3. The molecule has 0 aliphatic carbocycles. The smallest absolute Gasteiger partial charge is 0.306 e. The Morgan fingerprint density at radius 3 is 1.36 bits per heavy atom. The second kappa shape index (κ2) is 17.4. The summed E-state index contributed by atoms with van der Waals surface area (Å²) in [5, 5.41) is 3.34. The summed E-state index contributed by atoms with van der Waals surface area (Å²) >= 11 is 0. The Kier molecular flexibility index (Phi) is 16.3. The Hall–Kier alpha value is -1.75. The molecule has 10 heteroatoms. The van der Waals surface area contributed by atoms with Crippen LogP contribution in [-0.4, -0.2) is 108 Å². The fourth-order valence-electron chi connectivity index (χ4n) is 2.51. The van der Waals surface area contributed by atoms with E-state index in [1.807, 2.05) is 4.90 Å². The molecular weight excluding hydrogens is 368 g/mol. The second-order valence-electron chi connectivity index (χ2n) is 6.20. The summed E-state index contributed by atoms with van der Waals surface area (Å²) in [6.07, 6.45) is 0.885. The third kappa shape index (κ3) is 14.3. The first-order chi connectivity index (χ1) is 13.5. The molecule has 0 saturated carbocycles. The van der Waals surface area contributed by atoms with Crippen molar-refractivity contribution in [2.45, 2.75) is 19.3 Å². The number of methoxy groups -OCH3 is 3. The molecule has 0 radical (unpaired) electrons. The van der Waals surface area contributed by atoms with Crippen molar-refractivity contribution in [2.24, 2.45) is 5.73 Å². The Morgan fingerprint density at radius 1 is 0.679 bits per heavy atom. The summed E-state index contributed by atoms with van der Waals surface area (Å²) in [6.45, 7) is 5.77. The molecule has 0 aromatic carbocycles. The van der Waals surface area contributed by atoms with Crippen molar-refractivity contribution in [1.29, 1.82) is 0 Å². The number of hydrogen-bond donors (Lipinski definition) is 2. The van der Waals surface area contributed by atoms with E-state index in [0.29, 0.717) is 52.2 Å². The Labute approximate surface area is 167 Å². The van der Waals surface area contributed by atoms with Gasteiger partial charge in [0.15, 0.2) is 0 Å². The SMILES string of the molecule is COC(=O)CCN(CCN)CCNCCN(CCC(=O)OC)CCC(=O)OC. The molecule has 0 aromatic heterocycles. The van der Waals surface area contributed by atoms with Crippen LogP contribution in [0.1, 0.15) is 19.3 Å². The fraction of sp³-hybridized carbons (Fsp3) is 0.833. The Morgan fingerprint density at radius 2 is 1.04 bits per heavy atom. The van der Waals surface area contributed by atoms with Crippen molar-refractivity contribution in [3.63, 3.8) is 0 Å². The Bertz CT molecular complexity index is 430. The van der Waals surface area contributed by atoms with Gasteiger partial charge in [-0.1, -0.05) is 0 Å². The van der Waals surface area contributed by atoms with Crippen molar-refractivity contribution in [3.8, 4) is 0 Å². The molecule has 164 valence electrons. The second-order valence-corrected chi connectivity index (χ2v) is 6.20. The van der Waals surface area contributed by atoms with Crippen LogP contribution in [0, 0.1) is 0 Å². The van der Waals surface area contributed by atoms with Gasteiger partial charge in [-0.15, -0.1) is 0 Å². The van der Waals surface area contributed by atoms with E-state index in [1.165, 1.54) is 21.3 Å². The van der Waals surface area contributed by atoms with Crippen molar-refractivity contribution >= 4 is 17.9 Å². The van der Waals surface area contributed by atoms with Crippen LogP contribution in [0.15, 0.2) is 0 Å². The van der Waals surface area contributed by atoms with Gasteiger partial charge in [-0.2, -0.15) is 0 Å². The molecule has 0 fully saturated rings. The predicted octanol–water partition coefficient (Wildman–Crippen LogP) is -1.17. The molecule has 0 bridgehead atoms. The lowest BCUT2D eigenvalue weighted by molar-refractivity contribution is -0.142. The summed E-state index contributed by atoms with van der Waals surface area (Å²) in [4.78, 5) is 38.1. The summed E-state index contributed by atoms with van der Waals surface area (Å²) in [6, 6.07) is 0. The summed E-state index contributed by atoms with van der Waals surface area (Å²) < 4.78 is 14.0. The number of carbonyl (C=O) groups excluding carboxylic acids is 3. The van der Waals surface area contributed by atoms with Crippen molar-refractivity contribution in [1.82, 2.24) is 15.1 Å². The molecule has 0 heterocycles. The van der Waals surface area contributed by atoms with E-state index < -0.39 is 0 Å². The molecule has 0 aliphatic heterocycles. The lowest BCUT2D eigenvalue weighted by Crippen LogP contribution is -2.40. The predicted molar refractivity (Wildman–Crippen MR) is 105 cm³/mol. The number of nitrogens with one attached hydrogen (secondary N) is 1. The maximum atomic E-state index is 11.3. The maximum absolute atomic E-state index is 11.3. The highest BCUT2D eigenvalue weighted by atomic mass is 16.5. The normalized spacial score (nSPS) is 10.9. The van der Waals surface area contributed by atoms with Gasteiger partial charge in [0.05, 0.1) is 40.6 Å². The van der Waals surface area contributed by atoms with Crippen LogP contribution >= 0.6 is 0 Å². The van der Waals surface area contributed by atoms with Gasteiger partial charge in [0.2, 0.25) is 0 Å². The van der Waals surface area contributed by atoms with Gasteiger partial charge in [0.1, 0.15) is 0 Å². The van der Waals surface area contributed by atoms with Gasteiger partial charge in [-0.25, -0.2) is 0 Å². The molecule has 0 saturated heterocycles. The number of esters is 3. The maximum Gasteiger partial charge on any atom is 0.306 e. The Balaban J connectivity index is 4.20. The van der Waals surface area contributed by atoms with Crippen LogP contribution in [0.4, 0.5) is 0 Å². The quantitative estimate of drug-likeness (QED) is 0.174. The van der Waals surface area contributed by atoms with Crippen LogP contribution in [0.3, 0.4) is 0 Å². The molecule has 0 aliphatic rings. The minimum atomic E-state index is -0.279. The standard InChI is InChI=1S/C18H36N4O6/c1-26-16(23)4-10-21(11-5-17(24)27-2)14-8-20-9-15-22(13-7-19)12-6-18(25)28-3/h20H,4-15,19H2,1-3H3. The van der Waals surface area contributed by atoms with Gasteiger partial charge in [-0.05, 0) is 0 Å².